The molecule has 3 aliphatic heterocycles. The van der Waals surface area contributed by atoms with Crippen molar-refractivity contribution >= 4 is 23.6 Å². The van der Waals surface area contributed by atoms with Crippen molar-refractivity contribution in [3.63, 3.8) is 0 Å². The molecule has 12 nitrogen and oxygen atoms in total. The highest BCUT2D eigenvalue weighted by Gasteiger charge is 2.39. The molecule has 12 heteroatoms. The molecule has 2 atom stereocenters. The van der Waals surface area contributed by atoms with Crippen molar-refractivity contribution in [1.82, 2.24) is 25.8 Å². The summed E-state index contributed by atoms with van der Waals surface area (Å²) in [6.45, 7) is 10.8. The van der Waals surface area contributed by atoms with E-state index in [2.05, 4.69) is 20.9 Å². The molecule has 0 aromatic heterocycles. The van der Waals surface area contributed by atoms with E-state index >= 15 is 0 Å². The molecule has 3 aliphatic rings. The first kappa shape index (κ1) is 36.6. The van der Waals surface area contributed by atoms with Crippen molar-refractivity contribution < 1.29 is 33.8 Å². The van der Waals surface area contributed by atoms with Crippen LogP contribution >= 0.6 is 0 Å². The number of fused-ring (bicyclic) bond motifs is 1. The van der Waals surface area contributed by atoms with E-state index in [9.17, 15) is 24.3 Å². The Morgan fingerprint density at radius 1 is 0.915 bits per heavy atom. The summed E-state index contributed by atoms with van der Waals surface area (Å²) in [7, 11) is 0. The lowest BCUT2D eigenvalue weighted by atomic mass is 9.80. The average molecular weight is 658 g/mol. The number of hydrogen-bond donors (Lipinski definition) is 4. The number of carbonyl (C=O) groups is 4. The number of carbonyl (C=O) groups excluding carboxylic acids is 4. The molecule has 262 valence electrons. The summed E-state index contributed by atoms with van der Waals surface area (Å²) in [5.41, 5.74) is -0.0332. The zero-order valence-electron chi connectivity index (χ0n) is 28.5. The number of para-hydroxylation sites is 1. The summed E-state index contributed by atoms with van der Waals surface area (Å²) < 4.78 is 11.1. The fourth-order valence-corrected chi connectivity index (χ4v) is 6.93. The van der Waals surface area contributed by atoms with Crippen LogP contribution in [0.3, 0.4) is 0 Å². The van der Waals surface area contributed by atoms with E-state index in [4.69, 9.17) is 9.47 Å². The Labute approximate surface area is 279 Å². The fraction of sp³-hybridized carbons (Fsp3) is 0.714. The first-order valence-corrected chi connectivity index (χ1v) is 17.2. The summed E-state index contributed by atoms with van der Waals surface area (Å²) in [6, 6.07) is 7.35. The van der Waals surface area contributed by atoms with Gasteiger partial charge in [-0.1, -0.05) is 39.0 Å². The van der Waals surface area contributed by atoms with Gasteiger partial charge in [-0.3, -0.25) is 24.1 Å². The van der Waals surface area contributed by atoms with Crippen LogP contribution in [0.15, 0.2) is 24.3 Å². The molecule has 1 aromatic carbocycles. The maximum atomic E-state index is 13.4. The molecular weight excluding hydrogens is 602 g/mol. The number of benzene rings is 1. The molecule has 1 spiro atoms. The largest absolute Gasteiger partial charge is 0.508 e. The van der Waals surface area contributed by atoms with Crippen LogP contribution < -0.4 is 16.0 Å². The second kappa shape index (κ2) is 17.3. The van der Waals surface area contributed by atoms with Crippen LogP contribution in [0.25, 0.3) is 0 Å². The minimum atomic E-state index is -0.777. The summed E-state index contributed by atoms with van der Waals surface area (Å²) >= 11 is 0. The van der Waals surface area contributed by atoms with E-state index in [1.807, 2.05) is 43.9 Å². The third-order valence-corrected chi connectivity index (χ3v) is 9.48. The van der Waals surface area contributed by atoms with Crippen LogP contribution in [-0.2, 0) is 35.2 Å². The molecule has 0 aliphatic carbocycles. The number of rotatable bonds is 3. The number of ether oxygens (including phenoxy) is 2. The molecule has 47 heavy (non-hydrogen) atoms. The highest BCUT2D eigenvalue weighted by Crippen LogP contribution is 2.32. The molecule has 4 amide bonds. The third kappa shape index (κ3) is 12.1. The van der Waals surface area contributed by atoms with E-state index in [0.717, 1.165) is 25.1 Å². The molecule has 3 saturated heterocycles. The monoisotopic (exact) mass is 657 g/mol. The van der Waals surface area contributed by atoms with Crippen LogP contribution in [0, 0.1) is 17.3 Å². The van der Waals surface area contributed by atoms with Crippen LogP contribution in [0.4, 0.5) is 0 Å². The third-order valence-electron chi connectivity index (χ3n) is 9.48. The quantitative estimate of drug-likeness (QED) is 0.387. The zero-order chi connectivity index (χ0) is 33.9. The number of nitrogens with one attached hydrogen (secondary N) is 3. The summed E-state index contributed by atoms with van der Waals surface area (Å²) in [5.74, 6) is 0.224. The normalized spacial score (nSPS) is 24.8. The highest BCUT2D eigenvalue weighted by atomic mass is 16.5. The van der Waals surface area contributed by atoms with Gasteiger partial charge in [0.05, 0.1) is 25.4 Å². The van der Waals surface area contributed by atoms with Gasteiger partial charge in [0.2, 0.25) is 23.6 Å². The Kier molecular flexibility index (Phi) is 13.4. The van der Waals surface area contributed by atoms with E-state index in [1.54, 1.807) is 6.07 Å². The number of amides is 4. The minimum absolute atomic E-state index is 0.0154. The molecule has 0 radical (unpaired) electrons. The van der Waals surface area contributed by atoms with Gasteiger partial charge >= 0.3 is 0 Å². The molecule has 0 bridgehead atoms. The Balaban J connectivity index is 1.42. The molecule has 3 fully saturated rings. The number of phenols is 1. The van der Waals surface area contributed by atoms with Crippen LogP contribution in [-0.4, -0.2) is 110 Å². The Hall–Kier alpha value is -3.22. The molecule has 3 heterocycles. The number of nitrogens with zero attached hydrogens (tertiary/aromatic N) is 2. The molecule has 4 rings (SSSR count). The predicted molar refractivity (Wildman–Crippen MR) is 177 cm³/mol. The summed E-state index contributed by atoms with van der Waals surface area (Å²) in [6.07, 6.45) is 3.46. The topological polar surface area (TPSA) is 150 Å². The first-order valence-electron chi connectivity index (χ1n) is 17.2. The smallest absolute Gasteiger partial charge is 0.246 e. The van der Waals surface area contributed by atoms with Crippen molar-refractivity contribution in [1.29, 1.82) is 0 Å². The second-order valence-electron chi connectivity index (χ2n) is 14.7. The predicted octanol–water partition coefficient (Wildman–Crippen LogP) is 2.19. The van der Waals surface area contributed by atoms with Gasteiger partial charge < -0.3 is 35.4 Å². The standard InChI is InChI=1S/C35H55N5O7/c1-34(2,3)22-33(45)40-15-10-35(11-16-40)21-31(43)36-12-8-27-23-39(24-28-6-4-5-7-29(28)41)14-9-26(27)20-30(42)37-13-17-46-18-19-47-25-32(44)38-35/h4-7,26-27,41H,8-25H2,1-3H3,(H,36,43)(H,37,42)(H,38,44)/t26-,27-/m0/s1. The molecular formula is C35H55N5O7. The van der Waals surface area contributed by atoms with Gasteiger partial charge in [-0.05, 0) is 55.5 Å². The maximum absolute atomic E-state index is 13.4. The van der Waals surface area contributed by atoms with Gasteiger partial charge in [-0.2, -0.15) is 0 Å². The average Bonchev–Trinajstić information content (AvgIpc) is 3.00. The van der Waals surface area contributed by atoms with Gasteiger partial charge in [0, 0.05) is 64.1 Å². The lowest BCUT2D eigenvalue weighted by molar-refractivity contribution is -0.136. The number of likely N-dealkylation sites (tertiary alicyclic amines) is 2. The van der Waals surface area contributed by atoms with Gasteiger partial charge in [0.15, 0.2) is 0 Å². The maximum Gasteiger partial charge on any atom is 0.246 e. The lowest BCUT2D eigenvalue weighted by Crippen LogP contribution is -2.58. The number of aromatic hydroxyl groups is 1. The van der Waals surface area contributed by atoms with Gasteiger partial charge in [0.1, 0.15) is 12.4 Å². The second-order valence-corrected chi connectivity index (χ2v) is 14.7. The SMILES string of the molecule is CC(C)(C)CC(=O)N1CCC2(CC1)CC(=O)NCC[C@H]1CN(Cc3ccccc3O)CC[C@H]1CC(=O)NCCOCCOCC(=O)N2. The van der Waals surface area contributed by atoms with E-state index in [0.29, 0.717) is 78.0 Å². The summed E-state index contributed by atoms with van der Waals surface area (Å²) in [4.78, 5) is 56.3. The van der Waals surface area contributed by atoms with Crippen LogP contribution in [0.2, 0.25) is 0 Å². The fourth-order valence-electron chi connectivity index (χ4n) is 6.93. The zero-order valence-corrected chi connectivity index (χ0v) is 28.5. The first-order chi connectivity index (χ1) is 22.4. The van der Waals surface area contributed by atoms with Crippen molar-refractivity contribution in [2.24, 2.45) is 17.3 Å². The van der Waals surface area contributed by atoms with Crippen LogP contribution in [0.1, 0.15) is 71.3 Å². The van der Waals surface area contributed by atoms with Gasteiger partial charge in [-0.25, -0.2) is 0 Å². The van der Waals surface area contributed by atoms with Gasteiger partial charge in [0.25, 0.3) is 0 Å². The van der Waals surface area contributed by atoms with E-state index in [-0.39, 0.29) is 66.3 Å². The number of phenolic OH excluding ortho intramolecular Hbond substituents is 1. The van der Waals surface area contributed by atoms with Crippen molar-refractivity contribution in [2.45, 2.75) is 77.8 Å². The molecule has 0 unspecified atom stereocenters. The molecule has 4 N–H and O–H groups in total. The molecule has 1 aromatic rings. The summed E-state index contributed by atoms with van der Waals surface area (Å²) in [5, 5.41) is 19.5. The van der Waals surface area contributed by atoms with E-state index < -0.39 is 5.54 Å². The van der Waals surface area contributed by atoms with Crippen molar-refractivity contribution in [3.8, 4) is 5.75 Å². The lowest BCUT2D eigenvalue weighted by Gasteiger charge is -2.42. The highest BCUT2D eigenvalue weighted by molar-refractivity contribution is 5.82. The Bertz CT molecular complexity index is 1210. The number of piperidine rings is 2. The van der Waals surface area contributed by atoms with E-state index in [1.165, 1.54) is 0 Å². The number of hydrogen-bond acceptors (Lipinski definition) is 8. The van der Waals surface area contributed by atoms with Crippen molar-refractivity contribution in [3.05, 3.63) is 29.8 Å². The minimum Gasteiger partial charge on any atom is -0.508 e. The Morgan fingerprint density at radius 2 is 1.64 bits per heavy atom. The molecule has 0 saturated carbocycles. The van der Waals surface area contributed by atoms with Crippen molar-refractivity contribution in [2.75, 3.05) is 65.7 Å². The Morgan fingerprint density at radius 3 is 2.38 bits per heavy atom. The van der Waals surface area contributed by atoms with Crippen LogP contribution in [0.5, 0.6) is 5.75 Å². The van der Waals surface area contributed by atoms with Gasteiger partial charge in [-0.15, -0.1) is 0 Å².